The molecule has 0 aromatic rings. The highest BCUT2D eigenvalue weighted by Gasteiger charge is 2.62. The van der Waals surface area contributed by atoms with Crippen LogP contribution in [0.25, 0.3) is 0 Å². The predicted octanol–water partition coefficient (Wildman–Crippen LogP) is -6.17. The number of hydrogen-bond acceptors (Lipinski definition) is 29. The first kappa shape index (κ1) is 78.1. The molecular formula is C58H106N8O25. The number of nitrogens with two attached hydrogens (primary N) is 3. The van der Waals surface area contributed by atoms with E-state index < -0.39 is 217 Å². The van der Waals surface area contributed by atoms with Crippen molar-refractivity contribution in [2.45, 2.75) is 277 Å². The number of hydrogen-bond donors (Lipinski definition) is 18. The molecule has 0 spiro atoms. The summed E-state index contributed by atoms with van der Waals surface area (Å²) in [5.41, 5.74) is 8.98. The number of carbonyl (C=O) groups is 3. The molecule has 33 heteroatoms. The van der Waals surface area contributed by atoms with Crippen molar-refractivity contribution in [3.05, 3.63) is 0 Å². The maximum absolute atomic E-state index is 14.1. The van der Waals surface area contributed by atoms with Crippen LogP contribution < -0.4 is 27.8 Å². The van der Waals surface area contributed by atoms with Gasteiger partial charge in [0.05, 0.1) is 72.4 Å². The molecule has 0 unspecified atom stereocenters. The van der Waals surface area contributed by atoms with E-state index >= 15 is 0 Å². The lowest BCUT2D eigenvalue weighted by Gasteiger charge is -2.49. The van der Waals surface area contributed by atoms with Crippen molar-refractivity contribution in [1.29, 1.82) is 5.41 Å². The number of likely N-dealkylation sites (N-methyl/N-ethyl adjacent to an activating group) is 2. The number of Topliss-reactive ketones (excluding diaryl/α,β-unsaturated/α-hetero) is 1. The molecule has 33 nitrogen and oxygen atoms in total. The summed E-state index contributed by atoms with van der Waals surface area (Å²) >= 11 is 0. The summed E-state index contributed by atoms with van der Waals surface area (Å²) in [7, 11) is 6.59. The molecule has 5 aliphatic heterocycles. The fourth-order valence-corrected chi connectivity index (χ4v) is 13.5. The van der Waals surface area contributed by atoms with Crippen molar-refractivity contribution in [3.8, 4) is 0 Å². The van der Waals surface area contributed by atoms with Gasteiger partial charge in [0.15, 0.2) is 49.0 Å². The van der Waals surface area contributed by atoms with Gasteiger partial charge in [0, 0.05) is 37.3 Å². The van der Waals surface area contributed by atoms with E-state index in [-0.39, 0.29) is 37.7 Å². The molecule has 0 bridgehead atoms. The van der Waals surface area contributed by atoms with E-state index in [4.69, 9.17) is 70.0 Å². The Morgan fingerprint density at radius 3 is 1.90 bits per heavy atom. The molecule has 6 aliphatic rings. The smallest absolute Gasteiger partial charge is 0.311 e. The van der Waals surface area contributed by atoms with Crippen molar-refractivity contribution in [3.63, 3.8) is 0 Å². The highest BCUT2D eigenvalue weighted by Crippen LogP contribution is 2.43. The topological polar surface area (TPSA) is 528 Å². The van der Waals surface area contributed by atoms with Crippen molar-refractivity contribution in [1.82, 2.24) is 15.5 Å². The lowest BCUT2D eigenvalue weighted by atomic mass is 9.74. The number of guanidine groups is 2. The van der Waals surface area contributed by atoms with Gasteiger partial charge in [-0.25, -0.2) is 4.99 Å². The Labute approximate surface area is 530 Å². The number of carbonyl (C=O) groups excluding carboxylic acids is 3. The number of nitrogens with zero attached hydrogens (tertiary/aromatic N) is 2. The largest absolute Gasteiger partial charge is 0.459 e. The summed E-state index contributed by atoms with van der Waals surface area (Å²) in [5.74, 6) is -6.14. The number of ether oxygens (including phenoxy) is 10. The fourth-order valence-electron chi connectivity index (χ4n) is 13.5. The van der Waals surface area contributed by atoms with Crippen LogP contribution in [0.5, 0.6) is 0 Å². The van der Waals surface area contributed by atoms with E-state index in [1.54, 1.807) is 41.5 Å². The number of methoxy groups -OCH3 is 1. The molecule has 0 amide bonds. The van der Waals surface area contributed by atoms with E-state index in [0.717, 1.165) is 0 Å². The zero-order valence-electron chi connectivity index (χ0n) is 54.7. The zero-order valence-corrected chi connectivity index (χ0v) is 54.7. The lowest BCUT2D eigenvalue weighted by molar-refractivity contribution is -0.318. The molecule has 21 N–H and O–H groups in total. The molecular weight excluding hydrogens is 1210 g/mol. The Balaban J connectivity index is 0.000000340. The van der Waals surface area contributed by atoms with Crippen molar-refractivity contribution in [2.75, 3.05) is 34.9 Å². The second-order valence-corrected chi connectivity index (χ2v) is 26.4. The SMILES string of the molecule is CC[C@H]1OC(=O)[C@H](C)[C@@H](O[C@H]2C[C@@](C)(OC)[C@@H](O)[C@H](C)O2)[C@H](C)[C@@H](O[C@@H]2O[C@H](C)C[C@H](N(C)C)[C@H]2O)[C@](C)(O)C[C@@H](C)C(=O)[C@H](C)[C@@H](O)[C@]1(C)O.CN[C@@H]1[C@H](O[C@H]2[C@H](O[C@H]3[C@H](O)[C@@H](O)[C@H](N=C(N)N)[C@@H](O)[C@@H]3NC(=N)N)O[C@@H](C)[C@]2(O)C=O)O[C@@H](CO)[C@H](O)[C@H]1O. The van der Waals surface area contributed by atoms with E-state index in [1.807, 2.05) is 25.9 Å². The van der Waals surface area contributed by atoms with Gasteiger partial charge in [0.1, 0.15) is 84.6 Å². The minimum Gasteiger partial charge on any atom is -0.459 e. The van der Waals surface area contributed by atoms with Crippen LogP contribution in [0.3, 0.4) is 0 Å². The third kappa shape index (κ3) is 17.0. The molecule has 91 heavy (non-hydrogen) atoms. The molecule has 33 atom stereocenters. The van der Waals surface area contributed by atoms with Gasteiger partial charge in [-0.05, 0) is 88.9 Å². The summed E-state index contributed by atoms with van der Waals surface area (Å²) in [6.45, 7) is 16.9. The molecule has 1 saturated carbocycles. The van der Waals surface area contributed by atoms with Crippen LogP contribution in [0.1, 0.15) is 102 Å². The van der Waals surface area contributed by atoms with Crippen LogP contribution >= 0.6 is 0 Å². The van der Waals surface area contributed by atoms with E-state index in [1.165, 1.54) is 41.9 Å². The molecule has 6 rings (SSSR count). The number of aldehydes is 1. The number of ketones is 1. The molecule has 0 aromatic carbocycles. The lowest BCUT2D eigenvalue weighted by Crippen LogP contribution is -2.70. The molecule has 6 fully saturated rings. The Bertz CT molecular complexity index is 2420. The zero-order chi connectivity index (χ0) is 69.1. The fraction of sp³-hybridized carbons (Fsp3) is 0.914. The van der Waals surface area contributed by atoms with Gasteiger partial charge in [-0.15, -0.1) is 0 Å². The molecule has 1 aliphatic carbocycles. The van der Waals surface area contributed by atoms with E-state index in [9.17, 15) is 75.7 Å². The number of aliphatic hydroxyl groups excluding tert-OH is 9. The first-order valence-electron chi connectivity index (χ1n) is 30.9. The van der Waals surface area contributed by atoms with Crippen LogP contribution in [-0.4, -0.2) is 306 Å². The molecule has 0 radical (unpaired) electrons. The normalized spacial score (nSPS) is 48.7. The van der Waals surface area contributed by atoms with Gasteiger partial charge in [0.25, 0.3) is 0 Å². The minimum atomic E-state index is -2.39. The first-order chi connectivity index (χ1) is 42.1. The monoisotopic (exact) mass is 1310 g/mol. The summed E-state index contributed by atoms with van der Waals surface area (Å²) in [6.07, 6.45) is -27.0. The summed E-state index contributed by atoms with van der Waals surface area (Å²) < 4.78 is 60.0. The highest BCUT2D eigenvalue weighted by atomic mass is 16.8. The van der Waals surface area contributed by atoms with Gasteiger partial charge in [-0.2, -0.15) is 0 Å². The second kappa shape index (κ2) is 31.5. The van der Waals surface area contributed by atoms with Gasteiger partial charge in [0.2, 0.25) is 0 Å². The average Bonchev–Trinajstić information content (AvgIpc) is 1.73. The molecule has 528 valence electrons. The molecule has 0 aromatic heterocycles. The molecule has 5 heterocycles. The van der Waals surface area contributed by atoms with Crippen LogP contribution in [-0.2, 0) is 61.8 Å². The van der Waals surface area contributed by atoms with Crippen molar-refractivity contribution in [2.24, 2.45) is 45.9 Å². The maximum atomic E-state index is 14.1. The number of esters is 1. The maximum Gasteiger partial charge on any atom is 0.311 e. The van der Waals surface area contributed by atoms with Crippen LogP contribution in [0, 0.1) is 29.1 Å². The number of cyclic esters (lactones) is 1. The Morgan fingerprint density at radius 1 is 0.747 bits per heavy atom. The Hall–Kier alpha value is -3.57. The number of aliphatic hydroxyl groups is 12. The standard InChI is InChI=1S/C37H67NO13.C21H39N7O12/c1-14-25-37(10,45)30(41)20(4)27(39)18(2)16-35(8,44)32(51-34-28(40)24(38(11)12)15-19(3)47-34)21(5)29(22(6)33(43)49-25)50-26-17-36(9,46-13)31(42)23(7)48-26;1-5-21(36,4-30)16(40-17-9(26-2)13(34)10(31)6(3-29)38-17)18(37-5)39-15-8(28-20(24)25)11(32)7(27-19(22)23)12(33)14(15)35/h18-26,28-32,34,40-42,44-45H,14-17H2,1-13H3;4-18,26,29,31-36H,3H2,1-2H3,(H4,22,23,27)(H4,24,25,28)/t18-,19-,20+,21+,22-,23+,24+,25-,26+,28-,29+,30-,31+,32-,34+,35-,36-,37-;5-,6-,7+,8-,9-,10-,11+,12-,13-,14+,15+,16-,17-,18-,21+/m10/s1. The number of aliphatic imine (C=N–C) groups is 1. The van der Waals surface area contributed by atoms with Crippen LogP contribution in [0.2, 0.25) is 0 Å². The second-order valence-electron chi connectivity index (χ2n) is 26.4. The number of nitrogens with one attached hydrogen (secondary N) is 3. The quantitative estimate of drug-likeness (QED) is 0.0296. The van der Waals surface area contributed by atoms with Gasteiger partial charge < -0.3 is 141 Å². The van der Waals surface area contributed by atoms with Gasteiger partial charge in [-0.1, -0.05) is 27.7 Å². The van der Waals surface area contributed by atoms with E-state index in [0.29, 0.717) is 6.42 Å². The van der Waals surface area contributed by atoms with Crippen LogP contribution in [0.15, 0.2) is 4.99 Å². The molecule has 5 saturated heterocycles. The summed E-state index contributed by atoms with van der Waals surface area (Å²) in [4.78, 5) is 45.6. The third-order valence-electron chi connectivity index (χ3n) is 19.2. The van der Waals surface area contributed by atoms with Gasteiger partial charge in [-0.3, -0.25) is 19.8 Å². The van der Waals surface area contributed by atoms with Gasteiger partial charge >= 0.3 is 5.97 Å². The Kier molecular flexibility index (Phi) is 27.1. The average molecular weight is 1320 g/mol. The highest BCUT2D eigenvalue weighted by molar-refractivity contribution is 5.83. The van der Waals surface area contributed by atoms with Crippen molar-refractivity contribution >= 4 is 30.0 Å². The third-order valence-corrected chi connectivity index (χ3v) is 19.2. The van der Waals surface area contributed by atoms with Crippen molar-refractivity contribution < 1.29 is 123 Å². The summed E-state index contributed by atoms with van der Waals surface area (Å²) in [5, 5.41) is 144. The minimum absolute atomic E-state index is 0.0936. The summed E-state index contributed by atoms with van der Waals surface area (Å²) in [6, 6.07) is -4.34. The Morgan fingerprint density at radius 2 is 1.36 bits per heavy atom. The number of rotatable bonds is 16. The van der Waals surface area contributed by atoms with E-state index in [2.05, 4.69) is 15.6 Å². The van der Waals surface area contributed by atoms with Crippen LogP contribution in [0.4, 0.5) is 0 Å². The predicted molar refractivity (Wildman–Crippen MR) is 318 cm³/mol. The first-order valence-corrected chi connectivity index (χ1v) is 30.9.